The Bertz CT molecular complexity index is 1260. The SMILES string of the molecule is CCS(=O)(=O)c1cc(OC(C)(C)C#N)ccc1-n1cc2cnc(C(F)(F)F)cc2n1. The maximum absolute atomic E-state index is 12.9. The molecule has 0 amide bonds. The van der Waals surface area contributed by atoms with Crippen LogP contribution in [0.1, 0.15) is 26.5 Å². The number of ether oxygens (including phenoxy) is 1. The Morgan fingerprint density at radius 1 is 1.23 bits per heavy atom. The third kappa shape index (κ3) is 4.23. The fraction of sp³-hybridized carbons (Fsp3) is 0.316. The zero-order chi connectivity index (χ0) is 22.3. The van der Waals surface area contributed by atoms with Crippen LogP contribution in [0.5, 0.6) is 5.75 Å². The van der Waals surface area contributed by atoms with E-state index in [0.29, 0.717) is 5.39 Å². The molecule has 30 heavy (non-hydrogen) atoms. The first kappa shape index (κ1) is 21.6. The number of halogens is 3. The molecule has 3 rings (SSSR count). The van der Waals surface area contributed by atoms with Gasteiger partial charge in [0.1, 0.15) is 17.5 Å². The second-order valence-electron chi connectivity index (χ2n) is 6.96. The maximum Gasteiger partial charge on any atom is 0.433 e. The van der Waals surface area contributed by atoms with Crippen molar-refractivity contribution in [2.24, 2.45) is 0 Å². The van der Waals surface area contributed by atoms with E-state index in [0.717, 1.165) is 12.3 Å². The minimum absolute atomic E-state index is 0.0168. The molecule has 0 saturated carbocycles. The number of benzene rings is 1. The van der Waals surface area contributed by atoms with Crippen LogP contribution in [0.3, 0.4) is 0 Å². The van der Waals surface area contributed by atoms with Crippen molar-refractivity contribution >= 4 is 20.7 Å². The van der Waals surface area contributed by atoms with Crippen LogP contribution in [0.4, 0.5) is 13.2 Å². The van der Waals surface area contributed by atoms with Gasteiger partial charge in [0, 0.05) is 23.8 Å². The topological polar surface area (TPSA) is 97.9 Å². The van der Waals surface area contributed by atoms with Gasteiger partial charge >= 0.3 is 6.18 Å². The number of rotatable bonds is 5. The van der Waals surface area contributed by atoms with Crippen LogP contribution in [-0.2, 0) is 16.0 Å². The fourth-order valence-corrected chi connectivity index (χ4v) is 3.75. The minimum Gasteiger partial charge on any atom is -0.473 e. The minimum atomic E-state index is -4.62. The van der Waals surface area contributed by atoms with Gasteiger partial charge in [-0.25, -0.2) is 13.1 Å². The molecule has 0 N–H and O–H groups in total. The predicted octanol–water partition coefficient (Wildman–Crippen LogP) is 3.91. The smallest absolute Gasteiger partial charge is 0.433 e. The van der Waals surface area contributed by atoms with E-state index in [1.165, 1.54) is 49.8 Å². The zero-order valence-electron chi connectivity index (χ0n) is 16.2. The molecule has 0 saturated heterocycles. The van der Waals surface area contributed by atoms with Crippen molar-refractivity contribution in [2.45, 2.75) is 37.4 Å². The number of nitrogens with zero attached hydrogens (tertiary/aromatic N) is 4. The highest BCUT2D eigenvalue weighted by atomic mass is 32.2. The van der Waals surface area contributed by atoms with Crippen molar-refractivity contribution < 1.29 is 26.3 Å². The largest absolute Gasteiger partial charge is 0.473 e. The lowest BCUT2D eigenvalue weighted by Gasteiger charge is -2.19. The first-order valence-electron chi connectivity index (χ1n) is 8.76. The van der Waals surface area contributed by atoms with Gasteiger partial charge in [-0.15, -0.1) is 0 Å². The molecule has 3 aromatic rings. The fourth-order valence-electron chi connectivity index (χ4n) is 2.67. The van der Waals surface area contributed by atoms with Gasteiger partial charge < -0.3 is 4.74 Å². The van der Waals surface area contributed by atoms with Crippen LogP contribution in [0.2, 0.25) is 0 Å². The normalized spacial score (nSPS) is 12.7. The van der Waals surface area contributed by atoms with Gasteiger partial charge in [0.15, 0.2) is 15.4 Å². The molecule has 0 radical (unpaired) electrons. The van der Waals surface area contributed by atoms with Gasteiger partial charge in [-0.2, -0.15) is 23.5 Å². The van der Waals surface area contributed by atoms with Gasteiger partial charge in [-0.05, 0) is 32.0 Å². The monoisotopic (exact) mass is 438 g/mol. The van der Waals surface area contributed by atoms with Crippen LogP contribution in [0.15, 0.2) is 41.6 Å². The van der Waals surface area contributed by atoms with E-state index in [1.54, 1.807) is 0 Å². The second-order valence-corrected chi connectivity index (χ2v) is 9.20. The van der Waals surface area contributed by atoms with E-state index in [2.05, 4.69) is 10.1 Å². The summed E-state index contributed by atoms with van der Waals surface area (Å²) in [6.45, 7) is 4.52. The van der Waals surface area contributed by atoms with Crippen LogP contribution < -0.4 is 4.74 Å². The van der Waals surface area contributed by atoms with Crippen molar-refractivity contribution in [1.29, 1.82) is 5.26 Å². The van der Waals surface area contributed by atoms with Crippen LogP contribution in [-0.4, -0.2) is 34.5 Å². The summed E-state index contributed by atoms with van der Waals surface area (Å²) in [5.41, 5.74) is -2.12. The Morgan fingerprint density at radius 3 is 2.53 bits per heavy atom. The van der Waals surface area contributed by atoms with E-state index in [9.17, 15) is 21.6 Å². The molecule has 0 aliphatic rings. The molecule has 11 heteroatoms. The van der Waals surface area contributed by atoms with Gasteiger partial charge in [0.05, 0.1) is 21.9 Å². The lowest BCUT2D eigenvalue weighted by atomic mass is 10.2. The Hall–Kier alpha value is -3.13. The Kier molecular flexibility index (Phi) is 5.24. The van der Waals surface area contributed by atoms with Crippen molar-refractivity contribution in [3.63, 3.8) is 0 Å². The summed E-state index contributed by atoms with van der Waals surface area (Å²) in [5.74, 6) is -0.0545. The molecule has 7 nitrogen and oxygen atoms in total. The molecular formula is C19H17F3N4O3S. The molecule has 2 aromatic heterocycles. The Balaban J connectivity index is 2.16. The van der Waals surface area contributed by atoms with Crippen molar-refractivity contribution in [3.8, 4) is 17.5 Å². The van der Waals surface area contributed by atoms with Crippen molar-refractivity contribution in [2.75, 3.05) is 5.75 Å². The number of nitriles is 1. The standard InChI is InChI=1S/C19H17F3N4O3S/c1-4-30(27,28)16-7-13(29-18(2,3)11-23)5-6-15(16)26-10-12-9-24-17(19(20,21)22)8-14(12)25-26/h5-10H,4H2,1-3H3. The van der Waals surface area contributed by atoms with Gasteiger partial charge in [-0.1, -0.05) is 6.92 Å². The second kappa shape index (κ2) is 7.28. The van der Waals surface area contributed by atoms with E-state index in [4.69, 9.17) is 10.00 Å². The van der Waals surface area contributed by atoms with Crippen molar-refractivity contribution in [3.05, 3.63) is 42.4 Å². The lowest BCUT2D eigenvalue weighted by Crippen LogP contribution is -2.25. The highest BCUT2D eigenvalue weighted by Gasteiger charge is 2.33. The molecule has 158 valence electrons. The van der Waals surface area contributed by atoms with E-state index >= 15 is 0 Å². The number of hydrogen-bond donors (Lipinski definition) is 0. The van der Waals surface area contributed by atoms with E-state index in [1.807, 2.05) is 6.07 Å². The van der Waals surface area contributed by atoms with Crippen LogP contribution >= 0.6 is 0 Å². The zero-order valence-corrected chi connectivity index (χ0v) is 17.0. The number of fused-ring (bicyclic) bond motifs is 1. The van der Waals surface area contributed by atoms with E-state index in [-0.39, 0.29) is 27.6 Å². The predicted molar refractivity (Wildman–Crippen MR) is 102 cm³/mol. The molecule has 1 aromatic carbocycles. The number of sulfone groups is 1. The summed E-state index contributed by atoms with van der Waals surface area (Å²) in [4.78, 5) is 3.27. The number of pyridine rings is 1. The van der Waals surface area contributed by atoms with Crippen LogP contribution in [0, 0.1) is 11.3 Å². The summed E-state index contributed by atoms with van der Waals surface area (Å²) in [6, 6.07) is 6.92. The lowest BCUT2D eigenvalue weighted by molar-refractivity contribution is -0.141. The van der Waals surface area contributed by atoms with Crippen LogP contribution in [0.25, 0.3) is 16.6 Å². The summed E-state index contributed by atoms with van der Waals surface area (Å²) in [5, 5.41) is 13.5. The summed E-state index contributed by atoms with van der Waals surface area (Å²) in [6.07, 6.45) is -2.20. The maximum atomic E-state index is 12.9. The molecule has 0 aliphatic carbocycles. The molecule has 0 atom stereocenters. The molecule has 2 heterocycles. The van der Waals surface area contributed by atoms with Gasteiger partial charge in [0.2, 0.25) is 0 Å². The third-order valence-corrected chi connectivity index (χ3v) is 5.97. The summed E-state index contributed by atoms with van der Waals surface area (Å²) in [7, 11) is -3.75. The third-order valence-electron chi connectivity index (χ3n) is 4.21. The molecule has 0 bridgehead atoms. The number of hydrogen-bond acceptors (Lipinski definition) is 6. The van der Waals surface area contributed by atoms with Gasteiger partial charge in [-0.3, -0.25) is 4.98 Å². The molecule has 0 spiro atoms. The summed E-state index contributed by atoms with van der Waals surface area (Å²) >= 11 is 0. The first-order chi connectivity index (χ1) is 13.9. The molecule has 0 unspecified atom stereocenters. The average Bonchev–Trinajstić information content (AvgIpc) is 3.10. The number of aromatic nitrogens is 3. The molecular weight excluding hydrogens is 421 g/mol. The highest BCUT2D eigenvalue weighted by molar-refractivity contribution is 7.91. The average molecular weight is 438 g/mol. The highest BCUT2D eigenvalue weighted by Crippen LogP contribution is 2.31. The number of alkyl halides is 3. The van der Waals surface area contributed by atoms with Crippen molar-refractivity contribution in [1.82, 2.24) is 14.8 Å². The molecule has 0 aliphatic heterocycles. The summed E-state index contributed by atoms with van der Waals surface area (Å²) < 4.78 is 70.8. The van der Waals surface area contributed by atoms with Gasteiger partial charge in [0.25, 0.3) is 0 Å². The quantitative estimate of drug-likeness (QED) is 0.599. The molecule has 0 fully saturated rings. The Labute approximate surface area is 170 Å². The first-order valence-corrected chi connectivity index (χ1v) is 10.4. The Morgan fingerprint density at radius 2 is 1.93 bits per heavy atom. The van der Waals surface area contributed by atoms with E-state index < -0.39 is 27.3 Å².